The normalized spacial score (nSPS) is 16.4. The van der Waals surface area contributed by atoms with Crippen molar-refractivity contribution in [1.82, 2.24) is 5.32 Å². The number of benzene rings is 2. The molecule has 0 aromatic heterocycles. The summed E-state index contributed by atoms with van der Waals surface area (Å²) in [4.78, 5) is 0. The van der Waals surface area contributed by atoms with Gasteiger partial charge in [0.05, 0.1) is 14.2 Å². The van der Waals surface area contributed by atoms with Gasteiger partial charge in [-0.15, -0.1) is 0 Å². The Bertz CT molecular complexity index is 728. The van der Waals surface area contributed by atoms with Crippen molar-refractivity contribution >= 4 is 0 Å². The molecule has 1 atom stereocenters. The van der Waals surface area contributed by atoms with Crippen LogP contribution in [0.15, 0.2) is 30.3 Å². The summed E-state index contributed by atoms with van der Waals surface area (Å²) in [6.07, 6.45) is 3.86. The lowest BCUT2D eigenvalue weighted by molar-refractivity contribution is 0.351. The zero-order valence-electron chi connectivity index (χ0n) is 14.6. The van der Waals surface area contributed by atoms with E-state index in [-0.39, 0.29) is 11.8 Å². The van der Waals surface area contributed by atoms with E-state index >= 15 is 0 Å². The monoisotopic (exact) mass is 345 g/mol. The van der Waals surface area contributed by atoms with Gasteiger partial charge in [0, 0.05) is 12.1 Å². The number of phenols is 1. The number of hydrogen-bond donors (Lipinski definition) is 2. The number of nitrogens with one attached hydrogen (secondary N) is 1. The van der Waals surface area contributed by atoms with Crippen LogP contribution in [0.5, 0.6) is 17.2 Å². The quantitative estimate of drug-likeness (QED) is 0.837. The van der Waals surface area contributed by atoms with Crippen LogP contribution >= 0.6 is 0 Å². The highest BCUT2D eigenvalue weighted by Gasteiger charge is 2.22. The number of rotatable bonds is 6. The van der Waals surface area contributed by atoms with Crippen molar-refractivity contribution < 1.29 is 19.0 Å². The zero-order valence-corrected chi connectivity index (χ0v) is 14.6. The van der Waals surface area contributed by atoms with Crippen molar-refractivity contribution in [2.24, 2.45) is 0 Å². The number of aryl methyl sites for hydroxylation is 1. The van der Waals surface area contributed by atoms with E-state index in [9.17, 15) is 9.50 Å². The van der Waals surface area contributed by atoms with Gasteiger partial charge in [0.25, 0.3) is 0 Å². The van der Waals surface area contributed by atoms with E-state index in [4.69, 9.17) is 9.47 Å². The van der Waals surface area contributed by atoms with E-state index in [0.29, 0.717) is 13.0 Å². The van der Waals surface area contributed by atoms with Crippen molar-refractivity contribution in [1.29, 1.82) is 0 Å². The summed E-state index contributed by atoms with van der Waals surface area (Å²) in [6.45, 7) is 0.710. The molecule has 25 heavy (non-hydrogen) atoms. The Balaban J connectivity index is 1.70. The van der Waals surface area contributed by atoms with Crippen molar-refractivity contribution in [3.8, 4) is 17.2 Å². The Morgan fingerprint density at radius 3 is 2.60 bits per heavy atom. The number of halogens is 1. The van der Waals surface area contributed by atoms with Crippen LogP contribution in [-0.2, 0) is 12.8 Å². The molecule has 3 rings (SSSR count). The topological polar surface area (TPSA) is 50.7 Å². The fourth-order valence-corrected chi connectivity index (χ4v) is 3.51. The van der Waals surface area contributed by atoms with E-state index in [1.165, 1.54) is 17.2 Å². The first kappa shape index (κ1) is 17.5. The number of ether oxygens (including phenoxy) is 2. The largest absolute Gasteiger partial charge is 0.508 e. The van der Waals surface area contributed by atoms with Gasteiger partial charge < -0.3 is 19.9 Å². The SMILES string of the molecule is COc1cc2c(cc1OC)C(NCCc1cc(O)cc(F)c1)CCC2. The Hall–Kier alpha value is -2.27. The smallest absolute Gasteiger partial charge is 0.161 e. The summed E-state index contributed by atoms with van der Waals surface area (Å²) in [6, 6.07) is 8.54. The van der Waals surface area contributed by atoms with E-state index in [2.05, 4.69) is 17.4 Å². The molecule has 0 heterocycles. The van der Waals surface area contributed by atoms with E-state index in [0.717, 1.165) is 42.4 Å². The first-order valence-electron chi connectivity index (χ1n) is 8.57. The molecule has 0 spiro atoms. The van der Waals surface area contributed by atoms with Gasteiger partial charge in [-0.2, -0.15) is 0 Å². The summed E-state index contributed by atoms with van der Waals surface area (Å²) in [7, 11) is 3.29. The number of fused-ring (bicyclic) bond motifs is 1. The van der Waals surface area contributed by atoms with Crippen LogP contribution in [0.3, 0.4) is 0 Å². The van der Waals surface area contributed by atoms with Crippen LogP contribution in [0.2, 0.25) is 0 Å². The number of phenolic OH excluding ortho intramolecular Hbond substituents is 1. The number of hydrogen-bond acceptors (Lipinski definition) is 4. The Labute approximate surface area is 147 Å². The third-order valence-corrected chi connectivity index (χ3v) is 4.71. The molecule has 0 radical (unpaired) electrons. The van der Waals surface area contributed by atoms with Gasteiger partial charge in [-0.25, -0.2) is 4.39 Å². The molecule has 1 aliphatic carbocycles. The van der Waals surface area contributed by atoms with Crippen LogP contribution < -0.4 is 14.8 Å². The second kappa shape index (κ2) is 7.74. The fourth-order valence-electron chi connectivity index (χ4n) is 3.51. The molecule has 2 aromatic carbocycles. The minimum atomic E-state index is -0.408. The summed E-state index contributed by atoms with van der Waals surface area (Å²) >= 11 is 0. The van der Waals surface area contributed by atoms with Crippen LogP contribution in [0.4, 0.5) is 4.39 Å². The molecule has 0 amide bonds. The summed E-state index contributed by atoms with van der Waals surface area (Å²) < 4.78 is 24.2. The lowest BCUT2D eigenvalue weighted by Crippen LogP contribution is -2.27. The second-order valence-electron chi connectivity index (χ2n) is 6.37. The molecule has 0 bridgehead atoms. The van der Waals surface area contributed by atoms with Crippen molar-refractivity contribution in [2.45, 2.75) is 31.7 Å². The Morgan fingerprint density at radius 1 is 1.12 bits per heavy atom. The highest BCUT2D eigenvalue weighted by Crippen LogP contribution is 2.38. The lowest BCUT2D eigenvalue weighted by Gasteiger charge is -2.28. The predicted molar refractivity (Wildman–Crippen MR) is 95.0 cm³/mol. The molecule has 134 valence electrons. The van der Waals surface area contributed by atoms with Gasteiger partial charge in [0.15, 0.2) is 11.5 Å². The van der Waals surface area contributed by atoms with Crippen LogP contribution in [0.1, 0.15) is 35.6 Å². The molecule has 0 saturated carbocycles. The van der Waals surface area contributed by atoms with Crippen LogP contribution in [0, 0.1) is 5.82 Å². The average Bonchev–Trinajstić information content (AvgIpc) is 2.60. The molecule has 1 aliphatic rings. The standard InChI is InChI=1S/C20H24FNO3/c1-24-19-10-14-4-3-5-18(17(14)12-20(19)25-2)22-7-6-13-8-15(21)11-16(23)9-13/h8-12,18,22-23H,3-7H2,1-2H3. The van der Waals surface area contributed by atoms with Gasteiger partial charge in [0.2, 0.25) is 0 Å². The molecule has 5 heteroatoms. The first-order chi connectivity index (χ1) is 12.1. The predicted octanol–water partition coefficient (Wildman–Crippen LogP) is 3.76. The third kappa shape index (κ3) is 4.04. The van der Waals surface area contributed by atoms with E-state index < -0.39 is 5.82 Å². The van der Waals surface area contributed by atoms with E-state index in [1.807, 2.05) is 0 Å². The second-order valence-corrected chi connectivity index (χ2v) is 6.37. The summed E-state index contributed by atoms with van der Waals surface area (Å²) in [5.74, 6) is 1.06. The number of methoxy groups -OCH3 is 2. The molecule has 2 N–H and O–H groups in total. The molecule has 4 nitrogen and oxygen atoms in total. The highest BCUT2D eigenvalue weighted by molar-refractivity contribution is 5.49. The molecule has 0 fully saturated rings. The Kier molecular flexibility index (Phi) is 5.43. The average molecular weight is 345 g/mol. The molecule has 1 unspecified atom stereocenters. The van der Waals surface area contributed by atoms with Crippen LogP contribution in [0.25, 0.3) is 0 Å². The van der Waals surface area contributed by atoms with Gasteiger partial charge in [-0.3, -0.25) is 0 Å². The third-order valence-electron chi connectivity index (χ3n) is 4.71. The van der Waals surface area contributed by atoms with Crippen molar-refractivity contribution in [3.05, 3.63) is 52.8 Å². The Morgan fingerprint density at radius 2 is 1.88 bits per heavy atom. The fraction of sp³-hybridized carbons (Fsp3) is 0.400. The minimum absolute atomic E-state index is 0.0326. The van der Waals surface area contributed by atoms with Gasteiger partial charge in [-0.1, -0.05) is 0 Å². The minimum Gasteiger partial charge on any atom is -0.508 e. The summed E-state index contributed by atoms with van der Waals surface area (Å²) in [5.41, 5.74) is 3.31. The van der Waals surface area contributed by atoms with Gasteiger partial charge >= 0.3 is 0 Å². The lowest BCUT2D eigenvalue weighted by atomic mass is 9.87. The highest BCUT2D eigenvalue weighted by atomic mass is 19.1. The van der Waals surface area contributed by atoms with Gasteiger partial charge in [0.1, 0.15) is 11.6 Å². The van der Waals surface area contributed by atoms with Crippen LogP contribution in [-0.4, -0.2) is 25.9 Å². The maximum atomic E-state index is 13.4. The molecular formula is C20H24FNO3. The zero-order chi connectivity index (χ0) is 17.8. The van der Waals surface area contributed by atoms with Gasteiger partial charge in [-0.05, 0) is 73.2 Å². The van der Waals surface area contributed by atoms with Crippen molar-refractivity contribution in [3.63, 3.8) is 0 Å². The molecular weight excluding hydrogens is 321 g/mol. The molecule has 0 aliphatic heterocycles. The molecule has 0 saturated heterocycles. The maximum absolute atomic E-state index is 13.4. The van der Waals surface area contributed by atoms with E-state index in [1.54, 1.807) is 20.3 Å². The molecule has 2 aromatic rings. The maximum Gasteiger partial charge on any atom is 0.161 e. The van der Waals surface area contributed by atoms with Crippen molar-refractivity contribution in [2.75, 3.05) is 20.8 Å². The summed E-state index contributed by atoms with van der Waals surface area (Å²) in [5, 5.41) is 13.0. The number of aromatic hydroxyl groups is 1. The first-order valence-corrected chi connectivity index (χ1v) is 8.57.